The molecule has 0 aliphatic heterocycles. The van der Waals surface area contributed by atoms with Crippen molar-refractivity contribution < 1.29 is 0 Å². The van der Waals surface area contributed by atoms with Crippen LogP contribution in [0, 0.1) is 0 Å². The summed E-state index contributed by atoms with van der Waals surface area (Å²) in [4.78, 5) is 2.15. The number of hydrogen-bond acceptors (Lipinski definition) is 1. The third kappa shape index (κ3) is 2.59. The average Bonchev–Trinajstić information content (AvgIpc) is 2.54. The first kappa shape index (κ1) is 14.6. The highest BCUT2D eigenvalue weighted by molar-refractivity contribution is 5.83. The predicted molar refractivity (Wildman–Crippen MR) is 96.8 cm³/mol. The molecule has 0 heterocycles. The normalized spacial score (nSPS) is 11.6. The van der Waals surface area contributed by atoms with Crippen LogP contribution < -0.4 is 4.90 Å². The Bertz CT molecular complexity index is 800. The second kappa shape index (κ2) is 5.49. The van der Waals surface area contributed by atoms with Crippen LogP contribution >= 0.6 is 0 Å². The number of nitrogens with zero attached hydrogens (tertiary/aromatic N) is 1. The lowest BCUT2D eigenvalue weighted by Gasteiger charge is -2.28. The number of hydrogen-bond donors (Lipinski definition) is 0. The molecule has 3 rings (SSSR count). The van der Waals surface area contributed by atoms with Gasteiger partial charge < -0.3 is 4.90 Å². The fourth-order valence-corrected chi connectivity index (χ4v) is 2.92. The summed E-state index contributed by atoms with van der Waals surface area (Å²) in [5, 5.41) is 2.60. The van der Waals surface area contributed by atoms with Crippen molar-refractivity contribution in [3.05, 3.63) is 77.9 Å². The Morgan fingerprint density at radius 2 is 1.36 bits per heavy atom. The quantitative estimate of drug-likeness (QED) is 0.638. The van der Waals surface area contributed by atoms with Gasteiger partial charge in [-0.3, -0.25) is 0 Å². The summed E-state index contributed by atoms with van der Waals surface area (Å²) in [6.07, 6.45) is 0. The van der Waals surface area contributed by atoms with Gasteiger partial charge in [0.25, 0.3) is 0 Å². The maximum absolute atomic E-state index is 2.32. The van der Waals surface area contributed by atoms with Gasteiger partial charge in [-0.25, -0.2) is 0 Å². The Kier molecular flexibility index (Phi) is 3.66. The van der Waals surface area contributed by atoms with Crippen LogP contribution in [0.2, 0.25) is 0 Å². The Morgan fingerprint density at radius 3 is 2.09 bits per heavy atom. The highest BCUT2D eigenvalue weighted by Gasteiger charge is 2.23. The molecular weight excluding hydrogens is 266 g/mol. The number of benzene rings is 3. The minimum atomic E-state index is -0.0178. The van der Waals surface area contributed by atoms with E-state index in [-0.39, 0.29) is 5.41 Å². The standard InChI is InChI=1S/C21H23N/c1-21(2,18-10-7-11-20(15-18)22(3)4)19-13-12-16-8-5-6-9-17(16)14-19/h5-15H,1-4H3. The highest BCUT2D eigenvalue weighted by Crippen LogP contribution is 2.34. The van der Waals surface area contributed by atoms with Gasteiger partial charge in [0, 0.05) is 25.2 Å². The zero-order valence-corrected chi connectivity index (χ0v) is 13.8. The topological polar surface area (TPSA) is 3.24 Å². The van der Waals surface area contributed by atoms with Gasteiger partial charge in [-0.15, -0.1) is 0 Å². The summed E-state index contributed by atoms with van der Waals surface area (Å²) in [7, 11) is 4.17. The zero-order chi connectivity index (χ0) is 15.7. The van der Waals surface area contributed by atoms with Gasteiger partial charge in [-0.1, -0.05) is 68.4 Å². The molecule has 112 valence electrons. The van der Waals surface area contributed by atoms with Gasteiger partial charge in [-0.2, -0.15) is 0 Å². The molecule has 0 saturated heterocycles. The van der Waals surface area contributed by atoms with Crippen molar-refractivity contribution in [2.24, 2.45) is 0 Å². The van der Waals surface area contributed by atoms with Gasteiger partial charge in [0.1, 0.15) is 0 Å². The molecule has 0 spiro atoms. The molecule has 0 atom stereocenters. The Morgan fingerprint density at radius 1 is 0.682 bits per heavy atom. The molecular formula is C21H23N. The van der Waals surface area contributed by atoms with Crippen molar-refractivity contribution in [1.82, 2.24) is 0 Å². The van der Waals surface area contributed by atoms with Crippen molar-refractivity contribution in [2.75, 3.05) is 19.0 Å². The van der Waals surface area contributed by atoms with E-state index >= 15 is 0 Å². The van der Waals surface area contributed by atoms with Crippen molar-refractivity contribution in [3.63, 3.8) is 0 Å². The van der Waals surface area contributed by atoms with Gasteiger partial charge in [0.05, 0.1) is 0 Å². The van der Waals surface area contributed by atoms with Crippen molar-refractivity contribution in [1.29, 1.82) is 0 Å². The molecule has 3 aromatic rings. The van der Waals surface area contributed by atoms with Gasteiger partial charge in [0.2, 0.25) is 0 Å². The summed E-state index contributed by atoms with van der Waals surface area (Å²) < 4.78 is 0. The summed E-state index contributed by atoms with van der Waals surface area (Å²) in [5.74, 6) is 0. The second-order valence-corrected chi connectivity index (χ2v) is 6.63. The molecule has 0 aliphatic rings. The first-order chi connectivity index (χ1) is 10.5. The molecule has 0 unspecified atom stereocenters. The van der Waals surface area contributed by atoms with Gasteiger partial charge in [-0.05, 0) is 34.0 Å². The molecule has 0 aliphatic carbocycles. The average molecular weight is 289 g/mol. The smallest absolute Gasteiger partial charge is 0.0364 e. The van der Waals surface area contributed by atoms with Crippen LogP contribution in [0.15, 0.2) is 66.7 Å². The van der Waals surface area contributed by atoms with Crippen molar-refractivity contribution in [3.8, 4) is 0 Å². The number of rotatable bonds is 3. The first-order valence-corrected chi connectivity index (χ1v) is 7.75. The number of anilines is 1. The summed E-state index contributed by atoms with van der Waals surface area (Å²) >= 11 is 0. The minimum absolute atomic E-state index is 0.0178. The lowest BCUT2D eigenvalue weighted by Crippen LogP contribution is -2.19. The third-order valence-corrected chi connectivity index (χ3v) is 4.56. The maximum Gasteiger partial charge on any atom is 0.0364 e. The van der Waals surface area contributed by atoms with E-state index in [1.54, 1.807) is 0 Å². The number of fused-ring (bicyclic) bond motifs is 1. The van der Waals surface area contributed by atoms with E-state index in [4.69, 9.17) is 0 Å². The van der Waals surface area contributed by atoms with Crippen LogP contribution in [-0.4, -0.2) is 14.1 Å². The molecule has 0 amide bonds. The molecule has 0 N–H and O–H groups in total. The van der Waals surface area contributed by atoms with E-state index in [9.17, 15) is 0 Å². The highest BCUT2D eigenvalue weighted by atomic mass is 15.1. The monoisotopic (exact) mass is 289 g/mol. The first-order valence-electron chi connectivity index (χ1n) is 7.75. The Labute approximate surface area is 133 Å². The SMILES string of the molecule is CN(C)c1cccc(C(C)(C)c2ccc3ccccc3c2)c1. The van der Waals surface area contributed by atoms with E-state index in [0.717, 1.165) is 0 Å². The second-order valence-electron chi connectivity index (χ2n) is 6.63. The fraction of sp³-hybridized carbons (Fsp3) is 0.238. The van der Waals surface area contributed by atoms with Crippen LogP contribution in [0.3, 0.4) is 0 Å². The van der Waals surface area contributed by atoms with E-state index in [1.807, 2.05) is 0 Å². The Balaban J connectivity index is 2.08. The predicted octanol–water partition coefficient (Wildman–Crippen LogP) is 5.23. The minimum Gasteiger partial charge on any atom is -0.378 e. The lowest BCUT2D eigenvalue weighted by molar-refractivity contribution is 0.642. The van der Waals surface area contributed by atoms with Crippen LogP contribution in [0.1, 0.15) is 25.0 Å². The van der Waals surface area contributed by atoms with Crippen molar-refractivity contribution in [2.45, 2.75) is 19.3 Å². The molecule has 0 bridgehead atoms. The van der Waals surface area contributed by atoms with Crippen molar-refractivity contribution >= 4 is 16.5 Å². The van der Waals surface area contributed by atoms with E-state index in [0.29, 0.717) is 0 Å². The van der Waals surface area contributed by atoms with Gasteiger partial charge >= 0.3 is 0 Å². The van der Waals surface area contributed by atoms with Crippen LogP contribution in [0.4, 0.5) is 5.69 Å². The molecule has 0 radical (unpaired) electrons. The molecule has 0 fully saturated rings. The maximum atomic E-state index is 2.32. The van der Waals surface area contributed by atoms with Crippen LogP contribution in [-0.2, 0) is 5.41 Å². The summed E-state index contributed by atoms with van der Waals surface area (Å²) in [5.41, 5.74) is 3.92. The molecule has 0 aromatic heterocycles. The zero-order valence-electron chi connectivity index (χ0n) is 13.8. The van der Waals surface area contributed by atoms with E-state index < -0.39 is 0 Å². The third-order valence-electron chi connectivity index (χ3n) is 4.56. The fourth-order valence-electron chi connectivity index (χ4n) is 2.92. The molecule has 1 nitrogen and oxygen atoms in total. The van der Waals surface area contributed by atoms with Crippen LogP contribution in [0.25, 0.3) is 10.8 Å². The lowest BCUT2D eigenvalue weighted by atomic mass is 9.77. The summed E-state index contributed by atoms with van der Waals surface area (Å²) in [6.45, 7) is 4.60. The molecule has 1 heteroatoms. The molecule has 0 saturated carbocycles. The van der Waals surface area contributed by atoms with Gasteiger partial charge in [0.15, 0.2) is 0 Å². The molecule has 3 aromatic carbocycles. The largest absolute Gasteiger partial charge is 0.378 e. The van der Waals surface area contributed by atoms with E-state index in [2.05, 4.69) is 99.6 Å². The summed E-state index contributed by atoms with van der Waals surface area (Å²) in [6, 6.07) is 24.2. The van der Waals surface area contributed by atoms with Crippen LogP contribution in [0.5, 0.6) is 0 Å². The molecule has 22 heavy (non-hydrogen) atoms. The Hall–Kier alpha value is -2.28. The van der Waals surface area contributed by atoms with E-state index in [1.165, 1.54) is 27.6 Å².